The fourth-order valence-electron chi connectivity index (χ4n) is 0.562. The number of aromatic nitrogens is 1. The van der Waals surface area contributed by atoms with Crippen molar-refractivity contribution in [1.82, 2.24) is 4.98 Å². The lowest BCUT2D eigenvalue weighted by Gasteiger charge is -1.83. The lowest BCUT2D eigenvalue weighted by molar-refractivity contribution is -0.112. The molecule has 54 valence electrons. The van der Waals surface area contributed by atoms with E-state index in [1.165, 1.54) is 0 Å². The summed E-state index contributed by atoms with van der Waals surface area (Å²) in [5.41, 5.74) is 5.35. The van der Waals surface area contributed by atoms with Gasteiger partial charge in [-0.3, -0.25) is 4.79 Å². The van der Waals surface area contributed by atoms with Crippen molar-refractivity contribution >= 4 is 5.91 Å². The van der Waals surface area contributed by atoms with Crippen LogP contribution in [0.2, 0.25) is 0 Å². The highest BCUT2D eigenvalue weighted by molar-refractivity contribution is 5.92. The van der Waals surface area contributed by atoms with E-state index in [1.54, 1.807) is 24.4 Å². The minimum absolute atomic E-state index is 0.548. The number of hydrogen-bond acceptors (Lipinski definition) is 2. The Bertz CT molecular complexity index is 308. The van der Waals surface area contributed by atoms with Crippen molar-refractivity contribution in [2.45, 2.75) is 0 Å². The lowest BCUT2D eigenvalue weighted by Crippen LogP contribution is -2.06. The van der Waals surface area contributed by atoms with E-state index in [4.69, 9.17) is 5.73 Å². The maximum Gasteiger partial charge on any atom is 0.293 e. The summed E-state index contributed by atoms with van der Waals surface area (Å²) in [4.78, 5) is 14.1. The van der Waals surface area contributed by atoms with Crippen LogP contribution in [0, 0.1) is 11.8 Å². The average Bonchev–Trinajstić information content (AvgIpc) is 2.03. The highest BCUT2D eigenvalue weighted by Gasteiger charge is 1.84. The van der Waals surface area contributed by atoms with Crippen molar-refractivity contribution in [3.05, 3.63) is 30.1 Å². The van der Waals surface area contributed by atoms with E-state index in [-0.39, 0.29) is 0 Å². The molecule has 0 aliphatic heterocycles. The average molecular weight is 146 g/mol. The van der Waals surface area contributed by atoms with Crippen LogP contribution in [0.4, 0.5) is 0 Å². The first kappa shape index (κ1) is 7.29. The molecule has 1 aromatic heterocycles. The minimum Gasteiger partial charge on any atom is -0.359 e. The molecule has 0 bridgehead atoms. The zero-order chi connectivity index (χ0) is 8.10. The van der Waals surface area contributed by atoms with E-state index in [2.05, 4.69) is 16.8 Å². The van der Waals surface area contributed by atoms with Gasteiger partial charge in [-0.25, -0.2) is 4.98 Å². The molecule has 3 heteroatoms. The summed E-state index contributed by atoms with van der Waals surface area (Å²) in [6, 6.07) is 5.27. The van der Waals surface area contributed by atoms with Gasteiger partial charge in [0.05, 0.1) is 0 Å². The number of carbonyl (C=O) groups excluding carboxylic acids is 1. The smallest absolute Gasteiger partial charge is 0.293 e. The van der Waals surface area contributed by atoms with Crippen LogP contribution in [-0.2, 0) is 4.79 Å². The van der Waals surface area contributed by atoms with Crippen molar-refractivity contribution < 1.29 is 4.79 Å². The molecule has 0 spiro atoms. The summed E-state index contributed by atoms with van der Waals surface area (Å²) in [5.74, 6) is 4.05. The first-order valence-corrected chi connectivity index (χ1v) is 3.01. The molecule has 3 nitrogen and oxygen atoms in total. The highest BCUT2D eigenvalue weighted by atomic mass is 16.1. The van der Waals surface area contributed by atoms with E-state index >= 15 is 0 Å². The fourth-order valence-corrected chi connectivity index (χ4v) is 0.562. The molecule has 0 aliphatic rings. The van der Waals surface area contributed by atoms with Crippen LogP contribution in [0.3, 0.4) is 0 Å². The minimum atomic E-state index is -0.643. The molecule has 2 N–H and O–H groups in total. The number of hydrogen-bond donors (Lipinski definition) is 1. The zero-order valence-corrected chi connectivity index (χ0v) is 5.74. The van der Waals surface area contributed by atoms with Crippen LogP contribution < -0.4 is 5.73 Å². The maximum absolute atomic E-state index is 10.2. The molecule has 0 saturated carbocycles. The third-order valence-corrected chi connectivity index (χ3v) is 0.979. The molecular formula is C8H6N2O. The first-order valence-electron chi connectivity index (χ1n) is 3.01. The molecular weight excluding hydrogens is 140 g/mol. The van der Waals surface area contributed by atoms with Crippen LogP contribution in [0.5, 0.6) is 0 Å². The zero-order valence-electron chi connectivity index (χ0n) is 5.74. The van der Waals surface area contributed by atoms with Gasteiger partial charge in [0.2, 0.25) is 0 Å². The molecule has 0 unspecified atom stereocenters. The van der Waals surface area contributed by atoms with Gasteiger partial charge in [0.15, 0.2) is 0 Å². The van der Waals surface area contributed by atoms with Gasteiger partial charge in [0.1, 0.15) is 5.69 Å². The monoisotopic (exact) mass is 146 g/mol. The summed E-state index contributed by atoms with van der Waals surface area (Å²) < 4.78 is 0. The van der Waals surface area contributed by atoms with Crippen molar-refractivity contribution in [2.75, 3.05) is 0 Å². The second kappa shape index (κ2) is 3.37. The van der Waals surface area contributed by atoms with Crippen molar-refractivity contribution in [3.8, 4) is 11.8 Å². The molecule has 0 atom stereocenters. The Kier molecular flexibility index (Phi) is 2.24. The summed E-state index contributed by atoms with van der Waals surface area (Å²) in [5, 5.41) is 0. The topological polar surface area (TPSA) is 56.0 Å². The maximum atomic E-state index is 10.2. The van der Waals surface area contributed by atoms with E-state index in [0.717, 1.165) is 0 Å². The molecule has 0 radical (unpaired) electrons. The Morgan fingerprint density at radius 3 is 2.91 bits per heavy atom. The Morgan fingerprint density at radius 2 is 2.36 bits per heavy atom. The van der Waals surface area contributed by atoms with Crippen LogP contribution in [0.25, 0.3) is 0 Å². The molecule has 0 aliphatic carbocycles. The predicted octanol–water partition coefficient (Wildman–Crippen LogP) is -0.0816. The van der Waals surface area contributed by atoms with Crippen molar-refractivity contribution in [3.63, 3.8) is 0 Å². The van der Waals surface area contributed by atoms with Gasteiger partial charge in [-0.15, -0.1) is 0 Å². The molecule has 1 amide bonds. The van der Waals surface area contributed by atoms with Crippen LogP contribution in [0.15, 0.2) is 24.4 Å². The van der Waals surface area contributed by atoms with Crippen LogP contribution in [-0.4, -0.2) is 10.9 Å². The van der Waals surface area contributed by atoms with Gasteiger partial charge >= 0.3 is 0 Å². The third kappa shape index (κ3) is 2.50. The number of pyridine rings is 1. The number of nitrogens with zero attached hydrogens (tertiary/aromatic N) is 1. The number of rotatable bonds is 0. The molecule has 0 fully saturated rings. The Hall–Kier alpha value is -1.82. The summed E-state index contributed by atoms with van der Waals surface area (Å²) in [6.07, 6.45) is 1.60. The normalized spacial score (nSPS) is 8.00. The summed E-state index contributed by atoms with van der Waals surface area (Å²) in [7, 11) is 0. The Labute approximate surface area is 64.2 Å². The molecule has 0 aromatic carbocycles. The largest absolute Gasteiger partial charge is 0.359 e. The number of nitrogens with two attached hydrogens (primary N) is 1. The van der Waals surface area contributed by atoms with Gasteiger partial charge in [-0.2, -0.15) is 0 Å². The van der Waals surface area contributed by atoms with E-state index < -0.39 is 5.91 Å². The quantitative estimate of drug-likeness (QED) is 0.520. The SMILES string of the molecule is NC(=O)C#Cc1ccccn1. The lowest BCUT2D eigenvalue weighted by atomic mass is 10.3. The van der Waals surface area contributed by atoms with Crippen molar-refractivity contribution in [2.24, 2.45) is 5.73 Å². The Morgan fingerprint density at radius 1 is 1.55 bits per heavy atom. The number of amides is 1. The second-order valence-electron chi connectivity index (χ2n) is 1.83. The standard InChI is InChI=1S/C8H6N2O/c9-8(11)5-4-7-3-1-2-6-10-7/h1-3,6H,(H2,9,11). The number of primary amides is 1. The fraction of sp³-hybridized carbons (Fsp3) is 0. The molecule has 0 saturated heterocycles. The molecule has 11 heavy (non-hydrogen) atoms. The Balaban J connectivity index is 2.83. The number of carbonyl (C=O) groups is 1. The van der Waals surface area contributed by atoms with Gasteiger partial charge in [-0.1, -0.05) is 6.07 Å². The molecule has 1 heterocycles. The summed E-state index contributed by atoms with van der Waals surface area (Å²) in [6.45, 7) is 0. The second-order valence-corrected chi connectivity index (χ2v) is 1.83. The van der Waals surface area contributed by atoms with Crippen molar-refractivity contribution in [1.29, 1.82) is 0 Å². The molecule has 1 rings (SSSR count). The summed E-state index contributed by atoms with van der Waals surface area (Å²) >= 11 is 0. The highest BCUT2D eigenvalue weighted by Crippen LogP contribution is 1.88. The van der Waals surface area contributed by atoms with E-state index in [1.807, 2.05) is 0 Å². The molecule has 1 aromatic rings. The third-order valence-electron chi connectivity index (χ3n) is 0.979. The van der Waals surface area contributed by atoms with Gasteiger partial charge in [0.25, 0.3) is 5.91 Å². The predicted molar refractivity (Wildman–Crippen MR) is 40.3 cm³/mol. The van der Waals surface area contributed by atoms with E-state index in [9.17, 15) is 4.79 Å². The first-order chi connectivity index (χ1) is 5.29. The van der Waals surface area contributed by atoms with Gasteiger partial charge in [-0.05, 0) is 18.1 Å². The van der Waals surface area contributed by atoms with Gasteiger partial charge in [0, 0.05) is 12.1 Å². The van der Waals surface area contributed by atoms with E-state index in [0.29, 0.717) is 5.69 Å². The van der Waals surface area contributed by atoms with Gasteiger partial charge < -0.3 is 5.73 Å². The van der Waals surface area contributed by atoms with Crippen LogP contribution in [0.1, 0.15) is 5.69 Å². The van der Waals surface area contributed by atoms with Crippen LogP contribution >= 0.6 is 0 Å².